The van der Waals surface area contributed by atoms with Crippen LogP contribution in [0.5, 0.6) is 5.75 Å². The second-order valence-corrected chi connectivity index (χ2v) is 4.03. The van der Waals surface area contributed by atoms with Gasteiger partial charge in [-0.25, -0.2) is 0 Å². The molecule has 0 saturated heterocycles. The SMILES string of the molecule is Cc1cc(O)cc(C)c1[C@H](N)CCCN.Cl. The Bertz CT molecular complexity index is 319. The van der Waals surface area contributed by atoms with E-state index in [1.807, 2.05) is 13.8 Å². The van der Waals surface area contributed by atoms with E-state index >= 15 is 0 Å². The number of hydrogen-bond donors (Lipinski definition) is 3. The smallest absolute Gasteiger partial charge is 0.116 e. The summed E-state index contributed by atoms with van der Waals surface area (Å²) in [5.74, 6) is 0.305. The van der Waals surface area contributed by atoms with Gasteiger partial charge in [0.05, 0.1) is 0 Å². The van der Waals surface area contributed by atoms with Crippen molar-refractivity contribution < 1.29 is 5.11 Å². The third-order valence-corrected chi connectivity index (χ3v) is 2.67. The third-order valence-electron chi connectivity index (χ3n) is 2.67. The molecular formula is C12H21ClN2O. The van der Waals surface area contributed by atoms with Crippen molar-refractivity contribution in [3.8, 4) is 5.75 Å². The lowest BCUT2D eigenvalue weighted by molar-refractivity contribution is 0.473. The van der Waals surface area contributed by atoms with Crippen LogP contribution in [-0.2, 0) is 0 Å². The van der Waals surface area contributed by atoms with Gasteiger partial charge < -0.3 is 16.6 Å². The Morgan fingerprint density at radius 1 is 1.25 bits per heavy atom. The number of halogens is 1. The Morgan fingerprint density at radius 2 is 1.75 bits per heavy atom. The molecule has 0 aromatic heterocycles. The molecule has 0 spiro atoms. The number of aryl methyl sites for hydroxylation is 2. The molecule has 1 atom stereocenters. The maximum Gasteiger partial charge on any atom is 0.116 e. The zero-order valence-corrected chi connectivity index (χ0v) is 10.7. The molecule has 16 heavy (non-hydrogen) atoms. The van der Waals surface area contributed by atoms with Gasteiger partial charge in [0.25, 0.3) is 0 Å². The van der Waals surface area contributed by atoms with Gasteiger partial charge in [0.15, 0.2) is 0 Å². The lowest BCUT2D eigenvalue weighted by atomic mass is 9.93. The predicted molar refractivity (Wildman–Crippen MR) is 70.0 cm³/mol. The number of phenols is 1. The lowest BCUT2D eigenvalue weighted by Gasteiger charge is -2.17. The molecule has 0 bridgehead atoms. The van der Waals surface area contributed by atoms with Gasteiger partial charge in [-0.2, -0.15) is 0 Å². The topological polar surface area (TPSA) is 72.3 Å². The second kappa shape index (κ2) is 6.74. The van der Waals surface area contributed by atoms with E-state index in [0.29, 0.717) is 12.3 Å². The number of hydrogen-bond acceptors (Lipinski definition) is 3. The molecule has 0 unspecified atom stereocenters. The Hall–Kier alpha value is -0.770. The number of phenolic OH excluding ortho intramolecular Hbond substituents is 1. The van der Waals surface area contributed by atoms with Crippen LogP contribution in [0.25, 0.3) is 0 Å². The standard InChI is InChI=1S/C12H20N2O.ClH/c1-8-6-10(15)7-9(2)12(8)11(14)4-3-5-13;/h6-7,11,15H,3-5,13-14H2,1-2H3;1H/t11-;/m1./s1. The summed E-state index contributed by atoms with van der Waals surface area (Å²) in [5, 5.41) is 9.42. The third kappa shape index (κ3) is 3.67. The molecule has 1 rings (SSSR count). The van der Waals surface area contributed by atoms with E-state index < -0.39 is 0 Å². The highest BCUT2D eigenvalue weighted by Crippen LogP contribution is 2.27. The maximum absolute atomic E-state index is 9.42. The number of aromatic hydroxyl groups is 1. The fourth-order valence-electron chi connectivity index (χ4n) is 2.02. The van der Waals surface area contributed by atoms with Crippen molar-refractivity contribution >= 4 is 12.4 Å². The van der Waals surface area contributed by atoms with Crippen LogP contribution in [0.2, 0.25) is 0 Å². The van der Waals surface area contributed by atoms with Crippen LogP contribution in [0, 0.1) is 13.8 Å². The van der Waals surface area contributed by atoms with Crippen LogP contribution in [-0.4, -0.2) is 11.7 Å². The molecule has 5 N–H and O–H groups in total. The Balaban J connectivity index is 0.00000225. The molecule has 0 heterocycles. The van der Waals surface area contributed by atoms with E-state index in [-0.39, 0.29) is 18.4 Å². The molecule has 0 saturated carbocycles. The van der Waals surface area contributed by atoms with Crippen LogP contribution in [0.3, 0.4) is 0 Å². The molecule has 0 fully saturated rings. The van der Waals surface area contributed by atoms with Crippen LogP contribution in [0.4, 0.5) is 0 Å². The van der Waals surface area contributed by atoms with E-state index in [4.69, 9.17) is 11.5 Å². The molecule has 0 amide bonds. The van der Waals surface area contributed by atoms with Gasteiger partial charge in [-0.05, 0) is 62.1 Å². The molecule has 92 valence electrons. The maximum atomic E-state index is 9.42. The number of benzene rings is 1. The lowest BCUT2D eigenvalue weighted by Crippen LogP contribution is -2.15. The van der Waals surface area contributed by atoms with Gasteiger partial charge >= 0.3 is 0 Å². The molecule has 3 nitrogen and oxygen atoms in total. The van der Waals surface area contributed by atoms with Crippen LogP contribution in [0.15, 0.2) is 12.1 Å². The molecule has 0 aliphatic carbocycles. The first kappa shape index (κ1) is 15.2. The van der Waals surface area contributed by atoms with Crippen molar-refractivity contribution in [2.45, 2.75) is 32.7 Å². The minimum Gasteiger partial charge on any atom is -0.508 e. The van der Waals surface area contributed by atoms with E-state index in [9.17, 15) is 5.11 Å². The predicted octanol–water partition coefficient (Wildman–Crippen LogP) is 2.17. The first-order valence-corrected chi connectivity index (χ1v) is 5.32. The summed E-state index contributed by atoms with van der Waals surface area (Å²) >= 11 is 0. The molecular weight excluding hydrogens is 224 g/mol. The second-order valence-electron chi connectivity index (χ2n) is 4.03. The average molecular weight is 245 g/mol. The first-order chi connectivity index (χ1) is 7.06. The van der Waals surface area contributed by atoms with Crippen molar-refractivity contribution in [2.24, 2.45) is 11.5 Å². The highest BCUT2D eigenvalue weighted by Gasteiger charge is 2.12. The van der Waals surface area contributed by atoms with Gasteiger partial charge in [-0.3, -0.25) is 0 Å². The van der Waals surface area contributed by atoms with Gasteiger partial charge in [-0.15, -0.1) is 12.4 Å². The van der Waals surface area contributed by atoms with Gasteiger partial charge in [0.1, 0.15) is 5.75 Å². The van der Waals surface area contributed by atoms with Crippen molar-refractivity contribution in [1.29, 1.82) is 0 Å². The summed E-state index contributed by atoms with van der Waals surface area (Å²) in [6, 6.07) is 3.53. The fourth-order valence-corrected chi connectivity index (χ4v) is 2.02. The highest BCUT2D eigenvalue weighted by molar-refractivity contribution is 5.85. The van der Waals surface area contributed by atoms with Crippen LogP contribution in [0.1, 0.15) is 35.6 Å². The number of nitrogens with two attached hydrogens (primary N) is 2. The molecule has 0 aliphatic heterocycles. The van der Waals surface area contributed by atoms with E-state index in [2.05, 4.69) is 0 Å². The van der Waals surface area contributed by atoms with Crippen LogP contribution >= 0.6 is 12.4 Å². The zero-order valence-electron chi connectivity index (χ0n) is 9.86. The molecule has 1 aromatic carbocycles. The fraction of sp³-hybridized carbons (Fsp3) is 0.500. The Kier molecular flexibility index (Phi) is 6.41. The molecule has 1 aromatic rings. The Labute approximate surface area is 103 Å². The summed E-state index contributed by atoms with van der Waals surface area (Å²) in [7, 11) is 0. The molecule has 0 radical (unpaired) electrons. The minimum absolute atomic E-state index is 0. The summed E-state index contributed by atoms with van der Waals surface area (Å²) in [6.07, 6.45) is 1.82. The first-order valence-electron chi connectivity index (χ1n) is 5.32. The van der Waals surface area contributed by atoms with E-state index in [1.165, 1.54) is 0 Å². The van der Waals surface area contributed by atoms with Gasteiger partial charge in [0.2, 0.25) is 0 Å². The van der Waals surface area contributed by atoms with Crippen molar-refractivity contribution in [1.82, 2.24) is 0 Å². The van der Waals surface area contributed by atoms with E-state index in [0.717, 1.165) is 29.5 Å². The summed E-state index contributed by atoms with van der Waals surface area (Å²) in [4.78, 5) is 0. The molecule has 0 aliphatic rings. The quantitative estimate of drug-likeness (QED) is 0.760. The van der Waals surface area contributed by atoms with Gasteiger partial charge in [0, 0.05) is 6.04 Å². The largest absolute Gasteiger partial charge is 0.508 e. The van der Waals surface area contributed by atoms with Crippen molar-refractivity contribution in [3.05, 3.63) is 28.8 Å². The van der Waals surface area contributed by atoms with Crippen LogP contribution < -0.4 is 11.5 Å². The van der Waals surface area contributed by atoms with Gasteiger partial charge in [-0.1, -0.05) is 0 Å². The Morgan fingerprint density at radius 3 is 2.19 bits per heavy atom. The number of rotatable bonds is 4. The van der Waals surface area contributed by atoms with Crippen molar-refractivity contribution in [3.63, 3.8) is 0 Å². The monoisotopic (exact) mass is 244 g/mol. The van der Waals surface area contributed by atoms with E-state index in [1.54, 1.807) is 12.1 Å². The summed E-state index contributed by atoms with van der Waals surface area (Å²) < 4.78 is 0. The summed E-state index contributed by atoms with van der Waals surface area (Å²) in [5.41, 5.74) is 14.8. The zero-order chi connectivity index (χ0) is 11.4. The highest BCUT2D eigenvalue weighted by atomic mass is 35.5. The normalized spacial score (nSPS) is 12.0. The summed E-state index contributed by atoms with van der Waals surface area (Å²) in [6.45, 7) is 4.62. The minimum atomic E-state index is 0. The molecule has 4 heteroatoms. The van der Waals surface area contributed by atoms with Crippen molar-refractivity contribution in [2.75, 3.05) is 6.54 Å². The average Bonchev–Trinajstić information content (AvgIpc) is 2.12.